The average Bonchev–Trinajstić information content (AvgIpc) is 3.17. The lowest BCUT2D eigenvalue weighted by molar-refractivity contribution is -0.269. The van der Waals surface area contributed by atoms with Crippen LogP contribution >= 0.6 is 0 Å². The number of ketones is 1. The van der Waals surface area contributed by atoms with Crippen LogP contribution in [0.15, 0.2) is 59.6 Å². The molecule has 0 radical (unpaired) electrons. The van der Waals surface area contributed by atoms with E-state index in [1.165, 1.54) is 24.3 Å². The van der Waals surface area contributed by atoms with E-state index in [0.29, 0.717) is 5.69 Å². The molecule has 0 amide bonds. The number of halogens is 4. The summed E-state index contributed by atoms with van der Waals surface area (Å²) in [6.07, 6.45) is -6.31. The largest absolute Gasteiger partial charge is 0.419 e. The Morgan fingerprint density at radius 1 is 1.11 bits per heavy atom. The van der Waals surface area contributed by atoms with Crippen molar-refractivity contribution in [3.8, 4) is 5.69 Å². The lowest BCUT2D eigenvalue weighted by Gasteiger charge is -2.29. The van der Waals surface area contributed by atoms with E-state index in [-0.39, 0.29) is 16.3 Å². The van der Waals surface area contributed by atoms with Gasteiger partial charge in [-0.05, 0) is 49.7 Å². The Bertz CT molecular complexity index is 1310. The summed E-state index contributed by atoms with van der Waals surface area (Å²) in [5.41, 5.74) is 3.06. The van der Waals surface area contributed by atoms with Gasteiger partial charge in [-0.15, -0.1) is 0 Å². The zero-order valence-electron chi connectivity index (χ0n) is 18.3. The van der Waals surface area contributed by atoms with Crippen LogP contribution in [0.25, 0.3) is 5.69 Å². The van der Waals surface area contributed by atoms with Crippen molar-refractivity contribution < 1.29 is 40.1 Å². The number of anilines is 1. The van der Waals surface area contributed by atoms with Crippen LogP contribution in [0.1, 0.15) is 28.8 Å². The van der Waals surface area contributed by atoms with Crippen LogP contribution in [-0.4, -0.2) is 47.5 Å². The fourth-order valence-electron chi connectivity index (χ4n) is 3.06. The van der Waals surface area contributed by atoms with Gasteiger partial charge in [-0.1, -0.05) is 17.7 Å². The number of aliphatic hydroxyl groups is 1. The summed E-state index contributed by atoms with van der Waals surface area (Å²) in [6, 6.07) is 10.1. The van der Waals surface area contributed by atoms with E-state index in [4.69, 9.17) is 5.73 Å². The SMILES string of the molecule is Cc1ccc(S(=O)(=O)OC[C@@](O)(CCC(=O)c2cnn(-c3ccc(F)cc3)c2N)C(F)(F)F)cc1. The fraction of sp³-hybridized carbons (Fsp3) is 0.273. The Balaban J connectivity index is 1.74. The number of nitrogens with two attached hydrogens (primary N) is 1. The Hall–Kier alpha value is -3.29. The van der Waals surface area contributed by atoms with Crippen molar-refractivity contribution in [1.29, 1.82) is 0 Å². The quantitative estimate of drug-likeness (QED) is 0.254. The predicted octanol–water partition coefficient (Wildman–Crippen LogP) is 3.56. The summed E-state index contributed by atoms with van der Waals surface area (Å²) in [5.74, 6) is -1.59. The number of aryl methyl sites for hydroxylation is 1. The Labute approximate surface area is 198 Å². The number of alkyl halides is 3. The topological polar surface area (TPSA) is 125 Å². The average molecular weight is 515 g/mol. The predicted molar refractivity (Wildman–Crippen MR) is 117 cm³/mol. The number of hydrogen-bond donors (Lipinski definition) is 2. The number of carbonyl (C=O) groups excluding carboxylic acids is 1. The van der Waals surface area contributed by atoms with E-state index in [2.05, 4.69) is 9.28 Å². The summed E-state index contributed by atoms with van der Waals surface area (Å²) in [6.45, 7) is 0.0388. The van der Waals surface area contributed by atoms with Gasteiger partial charge < -0.3 is 10.8 Å². The van der Waals surface area contributed by atoms with Crippen molar-refractivity contribution in [2.24, 2.45) is 0 Å². The van der Waals surface area contributed by atoms with Crippen molar-refractivity contribution >= 4 is 21.7 Å². The Morgan fingerprint density at radius 2 is 1.71 bits per heavy atom. The number of rotatable bonds is 9. The second kappa shape index (κ2) is 9.76. The molecule has 0 aliphatic rings. The monoisotopic (exact) mass is 515 g/mol. The number of nitrogens with zero attached hydrogens (tertiary/aromatic N) is 2. The second-order valence-electron chi connectivity index (χ2n) is 7.81. The summed E-state index contributed by atoms with van der Waals surface area (Å²) < 4.78 is 84.1. The van der Waals surface area contributed by atoms with Gasteiger partial charge in [-0.25, -0.2) is 9.07 Å². The van der Waals surface area contributed by atoms with Gasteiger partial charge in [0.15, 0.2) is 11.4 Å². The van der Waals surface area contributed by atoms with Gasteiger partial charge in [0.2, 0.25) is 0 Å². The molecule has 8 nitrogen and oxygen atoms in total. The Morgan fingerprint density at radius 3 is 2.29 bits per heavy atom. The molecule has 2 aromatic carbocycles. The molecule has 35 heavy (non-hydrogen) atoms. The van der Waals surface area contributed by atoms with E-state index in [1.54, 1.807) is 6.92 Å². The van der Waals surface area contributed by atoms with Gasteiger partial charge in [-0.3, -0.25) is 8.98 Å². The van der Waals surface area contributed by atoms with Gasteiger partial charge in [0.1, 0.15) is 18.2 Å². The number of Topliss-reactive ketones (excluding diaryl/α,β-unsaturated/α-hetero) is 1. The van der Waals surface area contributed by atoms with E-state index in [9.17, 15) is 35.9 Å². The highest BCUT2D eigenvalue weighted by Gasteiger charge is 2.54. The first-order valence-electron chi connectivity index (χ1n) is 10.1. The van der Waals surface area contributed by atoms with Crippen molar-refractivity contribution in [2.75, 3.05) is 12.3 Å². The summed E-state index contributed by atoms with van der Waals surface area (Å²) >= 11 is 0. The molecule has 0 bridgehead atoms. The third-order valence-corrected chi connectivity index (χ3v) is 6.51. The van der Waals surface area contributed by atoms with Crippen LogP contribution in [-0.2, 0) is 14.3 Å². The molecule has 0 saturated heterocycles. The van der Waals surface area contributed by atoms with Crippen LogP contribution in [0.3, 0.4) is 0 Å². The number of aromatic nitrogens is 2. The van der Waals surface area contributed by atoms with Crippen molar-refractivity contribution in [1.82, 2.24) is 9.78 Å². The minimum absolute atomic E-state index is 0.199. The zero-order valence-corrected chi connectivity index (χ0v) is 19.1. The van der Waals surface area contributed by atoms with Gasteiger partial charge in [-0.2, -0.15) is 26.7 Å². The van der Waals surface area contributed by atoms with Crippen molar-refractivity contribution in [2.45, 2.75) is 36.4 Å². The molecule has 1 atom stereocenters. The first-order valence-corrected chi connectivity index (χ1v) is 11.5. The molecule has 3 rings (SSSR count). The third kappa shape index (κ3) is 5.86. The smallest absolute Gasteiger partial charge is 0.383 e. The summed E-state index contributed by atoms with van der Waals surface area (Å²) in [4.78, 5) is 12.2. The third-order valence-electron chi connectivity index (χ3n) is 5.23. The maximum absolute atomic E-state index is 13.6. The van der Waals surface area contributed by atoms with E-state index < -0.39 is 52.9 Å². The van der Waals surface area contributed by atoms with Gasteiger partial charge >= 0.3 is 6.18 Å². The minimum Gasteiger partial charge on any atom is -0.383 e. The summed E-state index contributed by atoms with van der Waals surface area (Å²) in [7, 11) is -4.60. The van der Waals surface area contributed by atoms with Crippen LogP contribution in [0.5, 0.6) is 0 Å². The van der Waals surface area contributed by atoms with E-state index >= 15 is 0 Å². The highest BCUT2D eigenvalue weighted by molar-refractivity contribution is 7.86. The fourth-order valence-corrected chi connectivity index (χ4v) is 4.02. The lowest BCUT2D eigenvalue weighted by Crippen LogP contribution is -2.49. The number of benzene rings is 2. The van der Waals surface area contributed by atoms with Crippen molar-refractivity contribution in [3.63, 3.8) is 0 Å². The zero-order chi connectivity index (χ0) is 26.0. The number of carbonyl (C=O) groups is 1. The van der Waals surface area contributed by atoms with Crippen LogP contribution < -0.4 is 5.73 Å². The normalized spacial score (nSPS) is 14.0. The molecular formula is C22H21F4N3O5S. The van der Waals surface area contributed by atoms with E-state index in [1.807, 2.05) is 0 Å². The minimum atomic E-state index is -5.31. The summed E-state index contributed by atoms with van der Waals surface area (Å²) in [5, 5.41) is 14.1. The first kappa shape index (κ1) is 26.3. The molecule has 3 aromatic rings. The van der Waals surface area contributed by atoms with E-state index in [0.717, 1.165) is 40.7 Å². The van der Waals surface area contributed by atoms with Crippen LogP contribution in [0.4, 0.5) is 23.4 Å². The molecule has 0 unspecified atom stereocenters. The number of nitrogen functional groups attached to an aromatic ring is 1. The highest BCUT2D eigenvalue weighted by Crippen LogP contribution is 2.36. The molecule has 0 fully saturated rings. The lowest BCUT2D eigenvalue weighted by atomic mass is 9.95. The van der Waals surface area contributed by atoms with Gasteiger partial charge in [0.05, 0.1) is 22.3 Å². The molecule has 1 aromatic heterocycles. The van der Waals surface area contributed by atoms with Gasteiger partial charge in [0.25, 0.3) is 10.1 Å². The molecule has 188 valence electrons. The van der Waals surface area contributed by atoms with Gasteiger partial charge in [0, 0.05) is 6.42 Å². The number of hydrogen-bond acceptors (Lipinski definition) is 7. The highest BCUT2D eigenvalue weighted by atomic mass is 32.2. The molecule has 13 heteroatoms. The molecule has 0 aliphatic carbocycles. The van der Waals surface area contributed by atoms with Crippen LogP contribution in [0.2, 0.25) is 0 Å². The maximum Gasteiger partial charge on any atom is 0.419 e. The molecule has 0 saturated carbocycles. The standard InChI is InChI=1S/C22H21F4N3O5S/c1-14-2-8-17(9-3-14)35(32,33)34-13-21(31,22(24,25)26)11-10-19(30)18-12-28-29(20(18)27)16-6-4-15(23)5-7-16/h2-9,12,31H,10-11,13,27H2,1H3/t21-/m0/s1. The Kier molecular flexibility index (Phi) is 7.34. The van der Waals surface area contributed by atoms with Crippen LogP contribution in [0, 0.1) is 12.7 Å². The second-order valence-corrected chi connectivity index (χ2v) is 9.43. The molecular weight excluding hydrogens is 494 g/mol. The molecule has 0 aliphatic heterocycles. The van der Waals surface area contributed by atoms with Crippen molar-refractivity contribution in [3.05, 3.63) is 71.7 Å². The molecule has 3 N–H and O–H groups in total. The first-order chi connectivity index (χ1) is 16.2. The molecule has 0 spiro atoms. The molecule has 1 heterocycles. The maximum atomic E-state index is 13.6.